The minimum atomic E-state index is -0.0664. The lowest BCUT2D eigenvalue weighted by molar-refractivity contribution is 0.0957. The van der Waals surface area contributed by atoms with Gasteiger partial charge in [0.1, 0.15) is 10.7 Å². The summed E-state index contributed by atoms with van der Waals surface area (Å²) < 4.78 is 10.7. The first kappa shape index (κ1) is 16.8. The van der Waals surface area contributed by atoms with Gasteiger partial charge in [-0.25, -0.2) is 9.97 Å². The van der Waals surface area contributed by atoms with Crippen LogP contribution in [0.4, 0.5) is 0 Å². The van der Waals surface area contributed by atoms with Gasteiger partial charge >= 0.3 is 0 Å². The zero-order valence-electron chi connectivity index (χ0n) is 14.9. The molecule has 0 saturated carbocycles. The SMILES string of the molecule is Cc1nc(C)c2c(C)c(C(=O)NCCc3ccc4c(c3)OCO4)sc2n1. The molecule has 0 bridgehead atoms. The number of hydrogen-bond donors (Lipinski definition) is 1. The lowest BCUT2D eigenvalue weighted by Crippen LogP contribution is -2.25. The van der Waals surface area contributed by atoms with Crippen LogP contribution in [0.1, 0.15) is 32.3 Å². The van der Waals surface area contributed by atoms with E-state index < -0.39 is 0 Å². The Balaban J connectivity index is 1.46. The molecule has 0 fully saturated rings. The van der Waals surface area contributed by atoms with Gasteiger partial charge in [0.2, 0.25) is 6.79 Å². The monoisotopic (exact) mass is 369 g/mol. The van der Waals surface area contributed by atoms with Crippen LogP contribution in [-0.2, 0) is 6.42 Å². The van der Waals surface area contributed by atoms with Crippen molar-refractivity contribution >= 4 is 27.5 Å². The van der Waals surface area contributed by atoms with Crippen LogP contribution in [0.25, 0.3) is 10.2 Å². The Kier molecular flexibility index (Phi) is 4.24. The van der Waals surface area contributed by atoms with Gasteiger partial charge in [0.15, 0.2) is 11.5 Å². The van der Waals surface area contributed by atoms with Crippen LogP contribution in [0.3, 0.4) is 0 Å². The van der Waals surface area contributed by atoms with Crippen LogP contribution in [0.15, 0.2) is 18.2 Å². The standard InChI is InChI=1S/C19H19N3O3S/c1-10-16-11(2)21-12(3)22-19(16)26-17(10)18(23)20-7-6-13-4-5-14-15(8-13)25-9-24-14/h4-5,8H,6-7,9H2,1-3H3,(H,20,23). The highest BCUT2D eigenvalue weighted by atomic mass is 32.1. The number of hydrogen-bond acceptors (Lipinski definition) is 6. The molecule has 1 aliphatic heterocycles. The maximum Gasteiger partial charge on any atom is 0.261 e. The van der Waals surface area contributed by atoms with Crippen LogP contribution in [0.5, 0.6) is 11.5 Å². The summed E-state index contributed by atoms with van der Waals surface area (Å²) in [7, 11) is 0. The van der Waals surface area contributed by atoms with Crippen molar-refractivity contribution in [1.29, 1.82) is 0 Å². The summed E-state index contributed by atoms with van der Waals surface area (Å²) in [5, 5.41) is 3.99. The summed E-state index contributed by atoms with van der Waals surface area (Å²) in [4.78, 5) is 23.1. The fourth-order valence-corrected chi connectivity index (χ4v) is 4.38. The van der Waals surface area contributed by atoms with E-state index in [0.29, 0.717) is 11.4 Å². The molecular weight excluding hydrogens is 350 g/mol. The van der Waals surface area contributed by atoms with Crippen molar-refractivity contribution < 1.29 is 14.3 Å². The van der Waals surface area contributed by atoms with Crippen molar-refractivity contribution in [2.75, 3.05) is 13.3 Å². The Morgan fingerprint density at radius 2 is 2.00 bits per heavy atom. The number of aromatic nitrogens is 2. The minimum Gasteiger partial charge on any atom is -0.454 e. The fourth-order valence-electron chi connectivity index (χ4n) is 3.19. The van der Waals surface area contributed by atoms with E-state index in [1.165, 1.54) is 11.3 Å². The van der Waals surface area contributed by atoms with E-state index in [4.69, 9.17) is 9.47 Å². The topological polar surface area (TPSA) is 73.3 Å². The number of nitrogens with zero attached hydrogens (tertiary/aromatic N) is 2. The summed E-state index contributed by atoms with van der Waals surface area (Å²) in [6.07, 6.45) is 0.726. The molecule has 7 heteroatoms. The van der Waals surface area contributed by atoms with Gasteiger partial charge in [0.05, 0.1) is 4.88 Å². The van der Waals surface area contributed by atoms with Crippen molar-refractivity contribution in [2.45, 2.75) is 27.2 Å². The van der Waals surface area contributed by atoms with Gasteiger partial charge in [0, 0.05) is 17.6 Å². The van der Waals surface area contributed by atoms with Gasteiger partial charge in [-0.3, -0.25) is 4.79 Å². The first-order valence-corrected chi connectivity index (χ1v) is 9.25. The molecule has 0 radical (unpaired) electrons. The molecule has 0 saturated heterocycles. The average molecular weight is 369 g/mol. The predicted octanol–water partition coefficient (Wildman–Crippen LogP) is 3.32. The molecule has 3 aromatic rings. The highest BCUT2D eigenvalue weighted by Crippen LogP contribution is 2.33. The third kappa shape index (κ3) is 2.99. The van der Waals surface area contributed by atoms with E-state index in [1.54, 1.807) is 0 Å². The Labute approximate surface area is 155 Å². The molecule has 0 unspecified atom stereocenters. The third-order valence-electron chi connectivity index (χ3n) is 4.43. The van der Waals surface area contributed by atoms with Gasteiger partial charge in [0.25, 0.3) is 5.91 Å². The number of thiophene rings is 1. The van der Waals surface area contributed by atoms with Crippen LogP contribution in [0, 0.1) is 20.8 Å². The molecule has 1 N–H and O–H groups in total. The molecule has 0 spiro atoms. The molecule has 6 nitrogen and oxygen atoms in total. The van der Waals surface area contributed by atoms with E-state index >= 15 is 0 Å². The number of amides is 1. The van der Waals surface area contributed by atoms with Gasteiger partial charge in [-0.1, -0.05) is 6.07 Å². The van der Waals surface area contributed by atoms with E-state index in [0.717, 1.165) is 50.8 Å². The summed E-state index contributed by atoms with van der Waals surface area (Å²) in [6, 6.07) is 5.85. The van der Waals surface area contributed by atoms with E-state index in [-0.39, 0.29) is 12.7 Å². The van der Waals surface area contributed by atoms with Gasteiger partial charge in [-0.15, -0.1) is 11.3 Å². The van der Waals surface area contributed by atoms with Gasteiger partial charge in [-0.05, 0) is 50.5 Å². The third-order valence-corrected chi connectivity index (χ3v) is 5.61. The number of aryl methyl sites for hydroxylation is 3. The number of nitrogens with one attached hydrogen (secondary N) is 1. The van der Waals surface area contributed by atoms with Crippen LogP contribution in [0.2, 0.25) is 0 Å². The minimum absolute atomic E-state index is 0.0664. The largest absolute Gasteiger partial charge is 0.454 e. The Morgan fingerprint density at radius 3 is 2.85 bits per heavy atom. The highest BCUT2D eigenvalue weighted by molar-refractivity contribution is 7.20. The van der Waals surface area contributed by atoms with Gasteiger partial charge in [-0.2, -0.15) is 0 Å². The molecule has 0 atom stereocenters. The second-order valence-corrected chi connectivity index (χ2v) is 7.29. The number of rotatable bonds is 4. The zero-order chi connectivity index (χ0) is 18.3. The highest BCUT2D eigenvalue weighted by Gasteiger charge is 2.18. The molecule has 2 aromatic heterocycles. The predicted molar refractivity (Wildman–Crippen MR) is 100 cm³/mol. The zero-order valence-corrected chi connectivity index (χ0v) is 15.7. The first-order valence-electron chi connectivity index (χ1n) is 8.44. The van der Waals surface area contributed by atoms with Crippen molar-refractivity contribution in [2.24, 2.45) is 0 Å². The molecule has 0 aliphatic carbocycles. The van der Waals surface area contributed by atoms with Crippen molar-refractivity contribution in [3.05, 3.63) is 45.7 Å². The van der Waals surface area contributed by atoms with Crippen molar-refractivity contribution in [3.63, 3.8) is 0 Å². The maximum atomic E-state index is 12.6. The average Bonchev–Trinajstić information content (AvgIpc) is 3.18. The molecule has 3 heterocycles. The number of carbonyl (C=O) groups is 1. The van der Waals surface area contributed by atoms with E-state index in [2.05, 4.69) is 15.3 Å². The molecule has 1 aliphatic rings. The Morgan fingerprint density at radius 1 is 1.19 bits per heavy atom. The van der Waals surface area contributed by atoms with Crippen LogP contribution in [-0.4, -0.2) is 29.2 Å². The fraction of sp³-hybridized carbons (Fsp3) is 0.316. The summed E-state index contributed by atoms with van der Waals surface area (Å²) in [5.74, 6) is 2.19. The molecule has 1 amide bonds. The lowest BCUT2D eigenvalue weighted by atomic mass is 10.1. The summed E-state index contributed by atoms with van der Waals surface area (Å²) >= 11 is 1.42. The van der Waals surface area contributed by atoms with E-state index in [1.807, 2.05) is 39.0 Å². The lowest BCUT2D eigenvalue weighted by Gasteiger charge is -2.06. The maximum absolute atomic E-state index is 12.6. The molecular formula is C19H19N3O3S. The quantitative estimate of drug-likeness (QED) is 0.764. The molecule has 26 heavy (non-hydrogen) atoms. The normalized spacial score (nSPS) is 12.6. The summed E-state index contributed by atoms with van der Waals surface area (Å²) in [6.45, 7) is 6.60. The second kappa shape index (κ2) is 6.57. The molecule has 4 rings (SSSR count). The number of fused-ring (bicyclic) bond motifs is 2. The smallest absolute Gasteiger partial charge is 0.261 e. The van der Waals surface area contributed by atoms with E-state index in [9.17, 15) is 4.79 Å². The molecule has 134 valence electrons. The van der Waals surface area contributed by atoms with Crippen molar-refractivity contribution in [3.8, 4) is 11.5 Å². The van der Waals surface area contributed by atoms with Crippen LogP contribution >= 0.6 is 11.3 Å². The number of benzene rings is 1. The van der Waals surface area contributed by atoms with Crippen LogP contribution < -0.4 is 14.8 Å². The number of ether oxygens (including phenoxy) is 2. The van der Waals surface area contributed by atoms with Gasteiger partial charge < -0.3 is 14.8 Å². The summed E-state index contributed by atoms with van der Waals surface area (Å²) in [5.41, 5.74) is 2.96. The Bertz CT molecular complexity index is 1010. The Hall–Kier alpha value is -2.67. The first-order chi connectivity index (χ1) is 12.5. The van der Waals surface area contributed by atoms with Crippen molar-refractivity contribution in [1.82, 2.24) is 15.3 Å². The molecule has 1 aromatic carbocycles. The number of carbonyl (C=O) groups excluding carboxylic acids is 1. The second-order valence-electron chi connectivity index (χ2n) is 6.29.